The fraction of sp³-hybridized carbons (Fsp3) is 0.444. The van der Waals surface area contributed by atoms with Gasteiger partial charge in [0.25, 0.3) is 0 Å². The molecule has 3 unspecified atom stereocenters. The van der Waals surface area contributed by atoms with Crippen molar-refractivity contribution >= 4 is 0 Å². The molecule has 1 aromatic rings. The molecule has 1 aromatic carbocycles. The van der Waals surface area contributed by atoms with E-state index < -0.39 is 0 Å². The Morgan fingerprint density at radius 3 is 2.71 bits per heavy atom. The largest absolute Gasteiger partial charge is 0.489 e. The van der Waals surface area contributed by atoms with E-state index in [0.717, 1.165) is 18.6 Å². The summed E-state index contributed by atoms with van der Waals surface area (Å²) in [6.07, 6.45) is 8.10. The van der Waals surface area contributed by atoms with Crippen LogP contribution in [0.25, 0.3) is 0 Å². The lowest BCUT2D eigenvalue weighted by atomic mass is 9.91. The molecule has 0 spiro atoms. The molecule has 2 rings (SSSR count). The van der Waals surface area contributed by atoms with Crippen LogP contribution in [0.4, 0.5) is 0 Å². The van der Waals surface area contributed by atoms with Crippen LogP contribution in [0.5, 0.6) is 0 Å². The average molecular weight is 329 g/mol. The number of nitrogens with zero attached hydrogens (tertiary/aromatic N) is 3. The fourth-order valence-corrected chi connectivity index (χ4v) is 2.46. The zero-order valence-corrected chi connectivity index (χ0v) is 14.4. The number of hydrogen-bond acceptors (Lipinski definition) is 5. The van der Waals surface area contributed by atoms with Crippen molar-refractivity contribution in [2.24, 2.45) is 27.8 Å². The zero-order valence-electron chi connectivity index (χ0n) is 14.4. The molecule has 6 nitrogen and oxygen atoms in total. The second kappa shape index (κ2) is 9.20. The van der Waals surface area contributed by atoms with Gasteiger partial charge in [0.05, 0.1) is 6.04 Å². The maximum atomic E-state index is 6.20. The van der Waals surface area contributed by atoms with Crippen molar-refractivity contribution in [2.45, 2.75) is 38.5 Å². The molecule has 0 aliphatic heterocycles. The number of allylic oxidation sites excluding steroid dienone is 3. The van der Waals surface area contributed by atoms with Gasteiger partial charge in [0.15, 0.2) is 0 Å². The number of hydrogen-bond donors (Lipinski definition) is 2. The van der Waals surface area contributed by atoms with Crippen LogP contribution in [0, 0.1) is 5.92 Å². The molecule has 130 valence electrons. The third-order valence-corrected chi connectivity index (χ3v) is 3.97. The summed E-state index contributed by atoms with van der Waals surface area (Å²) in [5.41, 5.74) is 7.37. The Morgan fingerprint density at radius 2 is 2.08 bits per heavy atom. The average Bonchev–Trinajstić information content (AvgIpc) is 2.60. The van der Waals surface area contributed by atoms with Crippen molar-refractivity contribution in [2.75, 3.05) is 7.05 Å². The summed E-state index contributed by atoms with van der Waals surface area (Å²) >= 11 is 0. The quantitative estimate of drug-likeness (QED) is 0.436. The molecule has 0 aromatic heterocycles. The monoisotopic (exact) mass is 329 g/mol. The number of ether oxygens (including phenoxy) is 1. The topological polar surface area (TPSA) is 89.2 Å². The minimum Gasteiger partial charge on any atom is -0.489 e. The van der Waals surface area contributed by atoms with Crippen LogP contribution in [0.15, 0.2) is 64.7 Å². The van der Waals surface area contributed by atoms with Crippen LogP contribution in [0.3, 0.4) is 0 Å². The zero-order chi connectivity index (χ0) is 17.4. The summed E-state index contributed by atoms with van der Waals surface area (Å²) in [6, 6.07) is 10.0. The Kier molecular flexibility index (Phi) is 6.96. The van der Waals surface area contributed by atoms with Gasteiger partial charge in [0, 0.05) is 13.1 Å². The maximum Gasteiger partial charge on any atom is 0.115 e. The highest BCUT2D eigenvalue weighted by molar-refractivity contribution is 5.20. The van der Waals surface area contributed by atoms with Crippen LogP contribution in [0.2, 0.25) is 0 Å². The molecule has 0 saturated carbocycles. The molecule has 0 fully saturated rings. The predicted molar refractivity (Wildman–Crippen MR) is 95.4 cm³/mol. The first-order valence-corrected chi connectivity index (χ1v) is 8.24. The van der Waals surface area contributed by atoms with Gasteiger partial charge in [-0.2, -0.15) is 5.11 Å². The van der Waals surface area contributed by atoms with Crippen molar-refractivity contribution in [3.8, 4) is 0 Å². The van der Waals surface area contributed by atoms with Crippen molar-refractivity contribution in [3.05, 3.63) is 59.9 Å². The molecular weight excluding hydrogens is 302 g/mol. The molecule has 4 N–H and O–H groups in total. The van der Waals surface area contributed by atoms with Crippen LogP contribution in [-0.4, -0.2) is 24.2 Å². The Morgan fingerprint density at radius 1 is 1.33 bits per heavy atom. The smallest absolute Gasteiger partial charge is 0.115 e. The highest BCUT2D eigenvalue weighted by atomic mass is 16.5. The standard InChI is InChI=1S/C18H27N5O/c1-14(21-22-23(2)20)18(19)12-15-8-10-17(11-9-15)24-13-16-6-4-3-5-7-16/h3-8,10-11,14-15,18H,9,12-13,19-20H2,1-2H3. The van der Waals surface area contributed by atoms with Crippen molar-refractivity contribution in [3.63, 3.8) is 0 Å². The summed E-state index contributed by atoms with van der Waals surface area (Å²) in [6.45, 7) is 2.54. The number of rotatable bonds is 8. The first-order chi connectivity index (χ1) is 11.5. The van der Waals surface area contributed by atoms with Crippen molar-refractivity contribution in [1.29, 1.82) is 0 Å². The predicted octanol–water partition coefficient (Wildman–Crippen LogP) is 2.94. The van der Waals surface area contributed by atoms with Crippen LogP contribution in [0.1, 0.15) is 25.3 Å². The van der Waals surface area contributed by atoms with Crippen LogP contribution in [-0.2, 0) is 11.3 Å². The van der Waals surface area contributed by atoms with Gasteiger partial charge in [-0.05, 0) is 43.4 Å². The van der Waals surface area contributed by atoms with E-state index in [1.807, 2.05) is 31.2 Å². The molecule has 6 heteroatoms. The highest BCUT2D eigenvalue weighted by Crippen LogP contribution is 2.23. The minimum atomic E-state index is -0.0656. The third kappa shape index (κ3) is 6.14. The van der Waals surface area contributed by atoms with Gasteiger partial charge in [-0.15, -0.1) is 0 Å². The van der Waals surface area contributed by atoms with Crippen LogP contribution >= 0.6 is 0 Å². The molecule has 0 bridgehead atoms. The summed E-state index contributed by atoms with van der Waals surface area (Å²) in [7, 11) is 1.63. The van der Waals surface area contributed by atoms with E-state index >= 15 is 0 Å². The molecule has 24 heavy (non-hydrogen) atoms. The summed E-state index contributed by atoms with van der Waals surface area (Å²) in [4.78, 5) is 0. The van der Waals surface area contributed by atoms with E-state index in [0.29, 0.717) is 12.5 Å². The second-order valence-electron chi connectivity index (χ2n) is 6.15. The van der Waals surface area contributed by atoms with Gasteiger partial charge in [-0.25, -0.2) is 11.0 Å². The number of hydrazine groups is 1. The number of benzene rings is 1. The van der Waals surface area contributed by atoms with E-state index in [9.17, 15) is 0 Å². The summed E-state index contributed by atoms with van der Waals surface area (Å²) in [5.74, 6) is 6.73. The lowest BCUT2D eigenvalue weighted by molar-refractivity contribution is 0.207. The molecule has 0 saturated heterocycles. The van der Waals surface area contributed by atoms with Gasteiger partial charge in [-0.3, -0.25) is 0 Å². The molecule has 3 atom stereocenters. The lowest BCUT2D eigenvalue weighted by Gasteiger charge is -2.22. The van der Waals surface area contributed by atoms with Crippen molar-refractivity contribution < 1.29 is 4.74 Å². The molecule has 0 radical (unpaired) electrons. The Balaban J connectivity index is 1.75. The summed E-state index contributed by atoms with van der Waals surface area (Å²) < 4.78 is 5.82. The summed E-state index contributed by atoms with van der Waals surface area (Å²) in [5, 5.41) is 9.10. The van der Waals surface area contributed by atoms with Crippen LogP contribution < -0.4 is 11.6 Å². The van der Waals surface area contributed by atoms with E-state index in [2.05, 4.69) is 34.6 Å². The number of nitrogens with two attached hydrogens (primary N) is 2. The second-order valence-corrected chi connectivity index (χ2v) is 6.15. The highest BCUT2D eigenvalue weighted by Gasteiger charge is 2.18. The lowest BCUT2D eigenvalue weighted by Crippen LogP contribution is -2.33. The Hall–Kier alpha value is -2.18. The molecule has 1 aliphatic carbocycles. The van der Waals surface area contributed by atoms with E-state index in [1.165, 1.54) is 10.7 Å². The van der Waals surface area contributed by atoms with Gasteiger partial charge >= 0.3 is 0 Å². The molecular formula is C18H27N5O. The van der Waals surface area contributed by atoms with E-state index in [-0.39, 0.29) is 12.1 Å². The molecule has 1 aliphatic rings. The first kappa shape index (κ1) is 18.2. The molecule has 0 amide bonds. The first-order valence-electron chi connectivity index (χ1n) is 8.24. The fourth-order valence-electron chi connectivity index (χ4n) is 2.46. The van der Waals surface area contributed by atoms with Gasteiger partial charge < -0.3 is 10.5 Å². The Bertz CT molecular complexity index is 582. The molecule has 0 heterocycles. The SMILES string of the molecule is CC(N=NN(C)N)C(N)CC1C=CC(OCc2ccccc2)=CC1. The van der Waals surface area contributed by atoms with Gasteiger partial charge in [-0.1, -0.05) is 41.6 Å². The normalized spacial score (nSPS) is 19.8. The van der Waals surface area contributed by atoms with E-state index in [4.69, 9.17) is 16.3 Å². The minimum absolute atomic E-state index is 0.0523. The third-order valence-electron chi connectivity index (χ3n) is 3.97. The van der Waals surface area contributed by atoms with Crippen molar-refractivity contribution in [1.82, 2.24) is 5.12 Å². The Labute approximate surface area is 143 Å². The van der Waals surface area contributed by atoms with Gasteiger partial charge in [0.2, 0.25) is 0 Å². The van der Waals surface area contributed by atoms with E-state index in [1.54, 1.807) is 7.05 Å². The maximum absolute atomic E-state index is 6.20. The van der Waals surface area contributed by atoms with Gasteiger partial charge in [0.1, 0.15) is 12.4 Å².